The van der Waals surface area contributed by atoms with E-state index in [1.807, 2.05) is 72.8 Å². The fourth-order valence-corrected chi connectivity index (χ4v) is 12.8. The van der Waals surface area contributed by atoms with Crippen LogP contribution in [0.1, 0.15) is 22.3 Å². The molecule has 2 aliphatic rings. The van der Waals surface area contributed by atoms with Crippen LogP contribution < -0.4 is 0 Å². The summed E-state index contributed by atoms with van der Waals surface area (Å²) in [5.41, 5.74) is 19.3. The van der Waals surface area contributed by atoms with Crippen molar-refractivity contribution in [3.8, 4) is 78.7 Å². The van der Waals surface area contributed by atoms with Crippen molar-refractivity contribution in [3.63, 3.8) is 0 Å². The molecule has 4 heteroatoms. The van der Waals surface area contributed by atoms with Crippen LogP contribution in [0.25, 0.3) is 133 Å². The van der Waals surface area contributed by atoms with Crippen molar-refractivity contribution in [2.24, 2.45) is 0 Å². The molecule has 0 N–H and O–H groups in total. The second kappa shape index (κ2) is 15.6. The molecule has 16 rings (SSSR count). The Bertz CT molecular complexity index is 4540. The van der Waals surface area contributed by atoms with Crippen LogP contribution in [0.2, 0.25) is 0 Å². The summed E-state index contributed by atoms with van der Waals surface area (Å²) in [6.45, 7) is 0. The number of furan rings is 1. The molecular formula is C70H41N3O. The van der Waals surface area contributed by atoms with Crippen LogP contribution >= 0.6 is 0 Å². The Labute approximate surface area is 426 Å². The predicted molar refractivity (Wildman–Crippen MR) is 303 cm³/mol. The molecule has 342 valence electrons. The third-order valence-electron chi connectivity index (χ3n) is 15.9. The van der Waals surface area contributed by atoms with Crippen molar-refractivity contribution in [1.29, 1.82) is 0 Å². The summed E-state index contributed by atoms with van der Waals surface area (Å²) in [6, 6.07) is 90.1. The maximum absolute atomic E-state index is 6.58. The number of hydrogen-bond donors (Lipinski definition) is 0. The molecule has 0 atom stereocenters. The van der Waals surface area contributed by atoms with Crippen LogP contribution in [0.4, 0.5) is 0 Å². The smallest absolute Gasteiger partial charge is 0.164 e. The van der Waals surface area contributed by atoms with Crippen LogP contribution in [-0.4, -0.2) is 15.0 Å². The predicted octanol–water partition coefficient (Wildman–Crippen LogP) is 17.9. The number of fused-ring (bicyclic) bond motifs is 19. The van der Waals surface area contributed by atoms with Gasteiger partial charge in [0, 0.05) is 27.5 Å². The first-order valence-electron chi connectivity index (χ1n) is 25.3. The molecule has 2 heterocycles. The molecule has 0 amide bonds. The van der Waals surface area contributed by atoms with Gasteiger partial charge in [-0.3, -0.25) is 0 Å². The summed E-state index contributed by atoms with van der Waals surface area (Å²) in [4.78, 5) is 15.2. The fourth-order valence-electron chi connectivity index (χ4n) is 12.8. The molecule has 0 radical (unpaired) electrons. The highest BCUT2D eigenvalue weighted by Gasteiger charge is 2.52. The van der Waals surface area contributed by atoms with E-state index in [4.69, 9.17) is 19.4 Å². The Balaban J connectivity index is 0.842. The van der Waals surface area contributed by atoms with Crippen molar-refractivity contribution < 1.29 is 4.42 Å². The number of benzene rings is 12. The van der Waals surface area contributed by atoms with Crippen LogP contribution in [0.5, 0.6) is 0 Å². The van der Waals surface area contributed by atoms with Gasteiger partial charge < -0.3 is 4.42 Å². The van der Waals surface area contributed by atoms with E-state index in [1.54, 1.807) is 0 Å². The molecule has 2 aromatic heterocycles. The third kappa shape index (κ3) is 5.76. The molecule has 0 unspecified atom stereocenters. The molecule has 0 fully saturated rings. The summed E-state index contributed by atoms with van der Waals surface area (Å²) in [5.74, 6) is 1.84. The largest absolute Gasteiger partial charge is 0.456 e. The fraction of sp³-hybridized carbons (Fsp3) is 0.0143. The third-order valence-corrected chi connectivity index (χ3v) is 15.9. The number of rotatable bonds is 5. The van der Waals surface area contributed by atoms with Gasteiger partial charge in [-0.1, -0.05) is 218 Å². The van der Waals surface area contributed by atoms with Crippen molar-refractivity contribution in [3.05, 3.63) is 271 Å². The summed E-state index contributed by atoms with van der Waals surface area (Å²) < 4.78 is 6.58. The second-order valence-corrected chi connectivity index (χ2v) is 19.7. The van der Waals surface area contributed by atoms with Gasteiger partial charge in [-0.15, -0.1) is 0 Å². The molecule has 4 nitrogen and oxygen atoms in total. The molecule has 0 aliphatic heterocycles. The lowest BCUT2D eigenvalue weighted by atomic mass is 9.70. The Kier molecular flexibility index (Phi) is 8.63. The van der Waals surface area contributed by atoms with E-state index in [0.29, 0.717) is 17.5 Å². The Morgan fingerprint density at radius 2 is 0.703 bits per heavy atom. The molecule has 0 saturated carbocycles. The maximum Gasteiger partial charge on any atom is 0.164 e. The van der Waals surface area contributed by atoms with Gasteiger partial charge in [0.05, 0.1) is 5.41 Å². The summed E-state index contributed by atoms with van der Waals surface area (Å²) in [5, 5.41) is 9.38. The molecule has 0 saturated heterocycles. The lowest BCUT2D eigenvalue weighted by molar-refractivity contribution is 0.669. The zero-order valence-corrected chi connectivity index (χ0v) is 39.9. The first-order valence-corrected chi connectivity index (χ1v) is 25.3. The maximum atomic E-state index is 6.58. The Morgan fingerprint density at radius 3 is 1.35 bits per heavy atom. The van der Waals surface area contributed by atoms with Gasteiger partial charge in [-0.05, 0) is 129 Å². The van der Waals surface area contributed by atoms with E-state index in [0.717, 1.165) is 49.8 Å². The zero-order chi connectivity index (χ0) is 48.5. The highest BCUT2D eigenvalue weighted by atomic mass is 16.3. The lowest BCUT2D eigenvalue weighted by Gasteiger charge is -2.30. The lowest BCUT2D eigenvalue weighted by Crippen LogP contribution is -2.25. The van der Waals surface area contributed by atoms with E-state index in [1.165, 1.54) is 88.0 Å². The van der Waals surface area contributed by atoms with Crippen molar-refractivity contribution in [2.75, 3.05) is 0 Å². The molecule has 2 aliphatic carbocycles. The number of hydrogen-bond acceptors (Lipinski definition) is 4. The van der Waals surface area contributed by atoms with Crippen molar-refractivity contribution >= 4 is 54.3 Å². The van der Waals surface area contributed by atoms with Crippen molar-refractivity contribution in [1.82, 2.24) is 15.0 Å². The first-order chi connectivity index (χ1) is 36.7. The van der Waals surface area contributed by atoms with Gasteiger partial charge in [-0.2, -0.15) is 0 Å². The van der Waals surface area contributed by atoms with Gasteiger partial charge in [0.2, 0.25) is 0 Å². The van der Waals surface area contributed by atoms with E-state index >= 15 is 0 Å². The van der Waals surface area contributed by atoms with Crippen LogP contribution in [0.15, 0.2) is 253 Å². The minimum atomic E-state index is -0.392. The summed E-state index contributed by atoms with van der Waals surface area (Å²) in [6.07, 6.45) is 0. The molecule has 14 aromatic rings. The zero-order valence-electron chi connectivity index (χ0n) is 39.9. The van der Waals surface area contributed by atoms with Crippen LogP contribution in [0, 0.1) is 0 Å². The first kappa shape index (κ1) is 40.9. The standard InChI is InChI=1S/C70H41N3O/c1-3-17-42(18-4-1)67-71-68(43-19-5-2-6-20-43)73-69(72-67)55-27-16-32-64-66(55)58-40-45(35-38-63(58)74-64)44-33-36-50-51-37-34-46(41-57(51)49-22-8-7-21-48(49)56(50)39-44)47-26-15-31-62-65(47)54-25-11-14-30-61(54)70(62)59-28-12-9-23-52(59)53-24-10-13-29-60(53)70/h1-41H. The van der Waals surface area contributed by atoms with E-state index < -0.39 is 5.41 Å². The summed E-state index contributed by atoms with van der Waals surface area (Å²) in [7, 11) is 0. The molecule has 74 heavy (non-hydrogen) atoms. The molecular weight excluding hydrogens is 899 g/mol. The number of nitrogens with zero attached hydrogens (tertiary/aromatic N) is 3. The van der Waals surface area contributed by atoms with Crippen LogP contribution in [0.3, 0.4) is 0 Å². The average Bonchev–Trinajstić information content (AvgIpc) is 4.26. The minimum Gasteiger partial charge on any atom is -0.456 e. The van der Waals surface area contributed by atoms with E-state index in [2.05, 4.69) is 176 Å². The van der Waals surface area contributed by atoms with Gasteiger partial charge in [0.15, 0.2) is 17.5 Å². The highest BCUT2D eigenvalue weighted by molar-refractivity contribution is 6.26. The minimum absolute atomic E-state index is 0.392. The monoisotopic (exact) mass is 939 g/mol. The Morgan fingerprint density at radius 1 is 0.257 bits per heavy atom. The van der Waals surface area contributed by atoms with Gasteiger partial charge >= 0.3 is 0 Å². The quantitative estimate of drug-likeness (QED) is 0.161. The molecule has 0 bridgehead atoms. The van der Waals surface area contributed by atoms with E-state index in [-0.39, 0.29) is 0 Å². The Hall–Kier alpha value is -9.77. The SMILES string of the molecule is c1ccc(-c2nc(-c3ccccc3)nc(-c3cccc4oc5ccc(-c6ccc7c8ccc(-c9cccc%10c9-c9ccccc9C%109c%10ccccc%10-c%10ccccc%109)cc8c8ccccc8c7c6)cc5c34)n2)cc1. The summed E-state index contributed by atoms with van der Waals surface area (Å²) >= 11 is 0. The average molecular weight is 940 g/mol. The van der Waals surface area contributed by atoms with Gasteiger partial charge in [0.1, 0.15) is 11.2 Å². The number of aromatic nitrogens is 3. The second-order valence-electron chi connectivity index (χ2n) is 19.7. The van der Waals surface area contributed by atoms with Gasteiger partial charge in [-0.25, -0.2) is 15.0 Å². The topological polar surface area (TPSA) is 51.8 Å². The highest BCUT2D eigenvalue weighted by Crippen LogP contribution is 2.64. The van der Waals surface area contributed by atoms with Crippen LogP contribution in [-0.2, 0) is 5.41 Å². The molecule has 1 spiro atoms. The molecule has 12 aromatic carbocycles. The van der Waals surface area contributed by atoms with E-state index in [9.17, 15) is 0 Å². The van der Waals surface area contributed by atoms with Crippen molar-refractivity contribution in [2.45, 2.75) is 5.41 Å². The normalized spacial score (nSPS) is 13.0. The van der Waals surface area contributed by atoms with Gasteiger partial charge in [0.25, 0.3) is 0 Å².